The van der Waals surface area contributed by atoms with Gasteiger partial charge in [-0.1, -0.05) is 24.3 Å². The zero-order chi connectivity index (χ0) is 15.8. The molecule has 1 aliphatic carbocycles. The molecule has 1 N–H and O–H groups in total. The van der Waals surface area contributed by atoms with Crippen LogP contribution in [0.25, 0.3) is 0 Å². The number of halogens is 1. The third kappa shape index (κ3) is 2.68. The van der Waals surface area contributed by atoms with E-state index in [1.54, 1.807) is 23.9 Å². The molecule has 0 aromatic heterocycles. The summed E-state index contributed by atoms with van der Waals surface area (Å²) in [6.45, 7) is 0. The van der Waals surface area contributed by atoms with Gasteiger partial charge in [0.2, 0.25) is 0 Å². The first-order chi connectivity index (χ1) is 11.2. The number of fused-ring (bicyclic) bond motifs is 1. The number of nitrogens with one attached hydrogen (secondary N) is 1. The largest absolute Gasteiger partial charge is 0.358 e. The second-order valence-corrected chi connectivity index (χ2v) is 6.99. The van der Waals surface area contributed by atoms with Gasteiger partial charge in [-0.15, -0.1) is 11.8 Å². The summed E-state index contributed by atoms with van der Waals surface area (Å²) in [7, 11) is 0. The van der Waals surface area contributed by atoms with E-state index < -0.39 is 0 Å². The molecule has 1 atom stereocenters. The maximum Gasteiger partial charge on any atom is 0.162 e. The lowest BCUT2D eigenvalue weighted by atomic mass is 9.89. The predicted molar refractivity (Wildman–Crippen MR) is 90.9 cm³/mol. The predicted octanol–water partition coefficient (Wildman–Crippen LogP) is 5.09. The van der Waals surface area contributed by atoms with Gasteiger partial charge in [0.25, 0.3) is 0 Å². The topological polar surface area (TPSA) is 29.1 Å². The van der Waals surface area contributed by atoms with Gasteiger partial charge in [-0.25, -0.2) is 4.39 Å². The third-order valence-electron chi connectivity index (χ3n) is 4.31. The summed E-state index contributed by atoms with van der Waals surface area (Å²) in [5.74, 6) is -0.0524. The number of Topliss-reactive ketones (excluding diaryl/α,β-unsaturated/α-hetero) is 1. The molecule has 0 unspecified atom stereocenters. The van der Waals surface area contributed by atoms with Gasteiger partial charge in [-0.2, -0.15) is 0 Å². The lowest BCUT2D eigenvalue weighted by Crippen LogP contribution is -2.19. The first-order valence-electron chi connectivity index (χ1n) is 7.77. The van der Waals surface area contributed by atoms with Crippen LogP contribution in [0.3, 0.4) is 0 Å². The molecule has 2 aromatic carbocycles. The Hall–Kier alpha value is -2.07. The van der Waals surface area contributed by atoms with Gasteiger partial charge in [0, 0.05) is 22.6 Å². The standard InChI is InChI=1S/C19H16FNOS/c20-13-10-8-12(9-11-13)19-18-15(5-3-6-16(18)22)21-14-4-1-2-7-17(14)23-19/h1-2,4,7-11,19,21H,3,5-6H2/t19-/m0/s1. The van der Waals surface area contributed by atoms with Crippen LogP contribution in [0.1, 0.15) is 30.1 Å². The van der Waals surface area contributed by atoms with Crippen LogP contribution in [-0.2, 0) is 4.79 Å². The van der Waals surface area contributed by atoms with Gasteiger partial charge in [-0.3, -0.25) is 4.79 Å². The average molecular weight is 325 g/mol. The number of anilines is 1. The van der Waals surface area contributed by atoms with Gasteiger partial charge >= 0.3 is 0 Å². The molecule has 1 aliphatic heterocycles. The van der Waals surface area contributed by atoms with Crippen molar-refractivity contribution in [3.63, 3.8) is 0 Å². The Morgan fingerprint density at radius 2 is 1.83 bits per heavy atom. The molecule has 4 rings (SSSR count). The zero-order valence-electron chi connectivity index (χ0n) is 12.5. The van der Waals surface area contributed by atoms with Gasteiger partial charge in [0.1, 0.15) is 5.82 Å². The molecule has 0 amide bonds. The second-order valence-electron chi connectivity index (χ2n) is 5.84. The molecule has 1 heterocycles. The second kappa shape index (κ2) is 5.85. The van der Waals surface area contributed by atoms with Crippen molar-refractivity contribution >= 4 is 23.2 Å². The van der Waals surface area contributed by atoms with E-state index in [9.17, 15) is 9.18 Å². The van der Waals surface area contributed by atoms with Gasteiger partial charge in [0.15, 0.2) is 5.78 Å². The van der Waals surface area contributed by atoms with Crippen LogP contribution in [0.5, 0.6) is 0 Å². The number of allylic oxidation sites excluding steroid dienone is 1. The lowest BCUT2D eigenvalue weighted by molar-refractivity contribution is -0.116. The maximum atomic E-state index is 13.3. The Labute approximate surface area is 138 Å². The first-order valence-corrected chi connectivity index (χ1v) is 8.65. The molecule has 116 valence electrons. The smallest absolute Gasteiger partial charge is 0.162 e. The highest BCUT2D eigenvalue weighted by atomic mass is 32.2. The number of benzene rings is 2. The molecular formula is C19H16FNOS. The lowest BCUT2D eigenvalue weighted by Gasteiger charge is -2.24. The van der Waals surface area contributed by atoms with Crippen molar-refractivity contribution in [2.75, 3.05) is 5.32 Å². The minimum atomic E-state index is -0.255. The van der Waals surface area contributed by atoms with E-state index in [0.717, 1.165) is 40.3 Å². The summed E-state index contributed by atoms with van der Waals surface area (Å²) in [6.07, 6.45) is 2.36. The van der Waals surface area contributed by atoms with Crippen LogP contribution in [-0.4, -0.2) is 5.78 Å². The summed E-state index contributed by atoms with van der Waals surface area (Å²) in [4.78, 5) is 13.7. The summed E-state index contributed by atoms with van der Waals surface area (Å²) >= 11 is 1.66. The van der Waals surface area contributed by atoms with E-state index in [4.69, 9.17) is 0 Å². The number of carbonyl (C=O) groups excluding carboxylic acids is 1. The van der Waals surface area contributed by atoms with Gasteiger partial charge < -0.3 is 5.32 Å². The highest BCUT2D eigenvalue weighted by Crippen LogP contribution is 2.49. The van der Waals surface area contributed by atoms with Crippen molar-refractivity contribution < 1.29 is 9.18 Å². The number of rotatable bonds is 1. The van der Waals surface area contributed by atoms with Crippen molar-refractivity contribution in [2.45, 2.75) is 29.4 Å². The van der Waals surface area contributed by atoms with E-state index in [1.165, 1.54) is 12.1 Å². The molecular weight excluding hydrogens is 309 g/mol. The SMILES string of the molecule is O=C1CCCC2=C1[C@H](c1ccc(F)cc1)Sc1ccccc1N2. The first kappa shape index (κ1) is 14.5. The van der Waals surface area contributed by atoms with E-state index in [1.807, 2.05) is 18.2 Å². The summed E-state index contributed by atoms with van der Waals surface area (Å²) in [5.41, 5.74) is 3.89. The normalized spacial score (nSPS) is 20.4. The molecule has 23 heavy (non-hydrogen) atoms. The molecule has 0 spiro atoms. The van der Waals surface area contributed by atoms with E-state index >= 15 is 0 Å². The molecule has 0 radical (unpaired) electrons. The van der Waals surface area contributed by atoms with Crippen molar-refractivity contribution in [1.82, 2.24) is 0 Å². The number of carbonyl (C=O) groups is 1. The summed E-state index contributed by atoms with van der Waals surface area (Å²) in [5, 5.41) is 3.38. The third-order valence-corrected chi connectivity index (χ3v) is 5.66. The van der Waals surface area contributed by atoms with Crippen LogP contribution in [0.2, 0.25) is 0 Å². The molecule has 2 aliphatic rings. The Bertz CT molecular complexity index is 797. The van der Waals surface area contributed by atoms with Gasteiger partial charge in [-0.05, 0) is 42.7 Å². The Balaban J connectivity index is 1.86. The fourth-order valence-electron chi connectivity index (χ4n) is 3.19. The van der Waals surface area contributed by atoms with Crippen molar-refractivity contribution in [3.05, 3.63) is 71.2 Å². The average Bonchev–Trinajstić information content (AvgIpc) is 2.73. The highest BCUT2D eigenvalue weighted by Gasteiger charge is 2.32. The van der Waals surface area contributed by atoms with Crippen LogP contribution < -0.4 is 5.32 Å². The van der Waals surface area contributed by atoms with E-state index in [2.05, 4.69) is 11.4 Å². The van der Waals surface area contributed by atoms with Crippen LogP contribution in [0.4, 0.5) is 10.1 Å². The van der Waals surface area contributed by atoms with Crippen LogP contribution in [0, 0.1) is 5.82 Å². The minimum Gasteiger partial charge on any atom is -0.358 e. The summed E-state index contributed by atoms with van der Waals surface area (Å²) < 4.78 is 13.3. The fraction of sp³-hybridized carbons (Fsp3) is 0.211. The van der Waals surface area contributed by atoms with E-state index in [-0.39, 0.29) is 16.9 Å². The number of hydrogen-bond acceptors (Lipinski definition) is 3. The van der Waals surface area contributed by atoms with Crippen molar-refractivity contribution in [2.24, 2.45) is 0 Å². The molecule has 4 heteroatoms. The minimum absolute atomic E-state index is 0.0884. The molecule has 0 saturated carbocycles. The zero-order valence-corrected chi connectivity index (χ0v) is 13.3. The molecule has 0 saturated heterocycles. The molecule has 0 fully saturated rings. The van der Waals surface area contributed by atoms with Crippen molar-refractivity contribution in [3.8, 4) is 0 Å². The van der Waals surface area contributed by atoms with E-state index in [0.29, 0.717) is 6.42 Å². The number of thioether (sulfide) groups is 1. The Morgan fingerprint density at radius 1 is 1.04 bits per heavy atom. The summed E-state index contributed by atoms with van der Waals surface area (Å²) in [6, 6.07) is 14.6. The van der Waals surface area contributed by atoms with Gasteiger partial charge in [0.05, 0.1) is 10.9 Å². The monoisotopic (exact) mass is 325 g/mol. The van der Waals surface area contributed by atoms with Crippen LogP contribution >= 0.6 is 11.8 Å². The Kier molecular flexibility index (Phi) is 3.69. The highest BCUT2D eigenvalue weighted by molar-refractivity contribution is 8.00. The molecule has 2 nitrogen and oxygen atoms in total. The maximum absolute atomic E-state index is 13.3. The quantitative estimate of drug-likeness (QED) is 0.791. The van der Waals surface area contributed by atoms with Crippen LogP contribution in [0.15, 0.2) is 64.7 Å². The van der Waals surface area contributed by atoms with Crippen molar-refractivity contribution in [1.29, 1.82) is 0 Å². The molecule has 0 bridgehead atoms. The fourth-order valence-corrected chi connectivity index (χ4v) is 4.53. The number of para-hydroxylation sites is 1. The molecule has 2 aromatic rings. The Morgan fingerprint density at radius 3 is 2.65 bits per heavy atom. The number of ketones is 1. The number of hydrogen-bond donors (Lipinski definition) is 1.